The first-order chi connectivity index (χ1) is 16.6. The highest BCUT2D eigenvalue weighted by molar-refractivity contribution is 7.10. The van der Waals surface area contributed by atoms with Gasteiger partial charge in [0.25, 0.3) is 0 Å². The van der Waals surface area contributed by atoms with Crippen LogP contribution in [-0.2, 0) is 20.9 Å². The summed E-state index contributed by atoms with van der Waals surface area (Å²) in [6.07, 6.45) is 0.190. The topological polar surface area (TPSA) is 61.9 Å². The molecule has 0 aliphatic carbocycles. The van der Waals surface area contributed by atoms with Crippen LogP contribution in [0.3, 0.4) is 0 Å². The van der Waals surface area contributed by atoms with E-state index in [0.29, 0.717) is 0 Å². The molecule has 2 fully saturated rings. The van der Waals surface area contributed by atoms with Gasteiger partial charge in [-0.2, -0.15) is 0 Å². The number of benzene rings is 2. The van der Waals surface area contributed by atoms with Gasteiger partial charge in [0, 0.05) is 42.3 Å². The van der Waals surface area contributed by atoms with E-state index in [9.17, 15) is 9.59 Å². The van der Waals surface area contributed by atoms with Gasteiger partial charge in [0.2, 0.25) is 11.8 Å². The Hall–Kier alpha value is -3.00. The normalized spacial score (nSPS) is 21.1. The van der Waals surface area contributed by atoms with Crippen LogP contribution in [0.4, 0.5) is 11.4 Å². The SMILES string of the molecule is Cc1ccc(N2C(=O)CC(C(=O)Nc3cccc(CN4CCOCC4)c3)C2c2cccs2)cc1. The zero-order valence-corrected chi connectivity index (χ0v) is 20.1. The van der Waals surface area contributed by atoms with Crippen molar-refractivity contribution in [3.05, 3.63) is 82.0 Å². The van der Waals surface area contributed by atoms with Gasteiger partial charge in [-0.15, -0.1) is 11.3 Å². The number of anilines is 2. The summed E-state index contributed by atoms with van der Waals surface area (Å²) in [5.74, 6) is -0.608. The highest BCUT2D eigenvalue weighted by Crippen LogP contribution is 2.43. The molecule has 5 rings (SSSR count). The first-order valence-electron chi connectivity index (χ1n) is 11.7. The summed E-state index contributed by atoms with van der Waals surface area (Å²) in [7, 11) is 0. The maximum Gasteiger partial charge on any atom is 0.230 e. The second-order valence-corrected chi connectivity index (χ2v) is 9.93. The smallest absolute Gasteiger partial charge is 0.230 e. The Morgan fingerprint density at radius 3 is 2.62 bits per heavy atom. The number of aryl methyl sites for hydroxylation is 1. The van der Waals surface area contributed by atoms with Crippen molar-refractivity contribution in [2.75, 3.05) is 36.5 Å². The summed E-state index contributed by atoms with van der Waals surface area (Å²) >= 11 is 1.58. The van der Waals surface area contributed by atoms with Crippen LogP contribution in [0.1, 0.15) is 28.5 Å². The van der Waals surface area contributed by atoms with Crippen LogP contribution in [0.25, 0.3) is 0 Å². The fourth-order valence-corrected chi connectivity index (χ4v) is 5.64. The molecule has 6 nitrogen and oxygen atoms in total. The Morgan fingerprint density at radius 2 is 1.88 bits per heavy atom. The molecule has 2 aromatic carbocycles. The van der Waals surface area contributed by atoms with Crippen molar-refractivity contribution >= 4 is 34.5 Å². The van der Waals surface area contributed by atoms with Crippen LogP contribution in [0.2, 0.25) is 0 Å². The number of nitrogens with zero attached hydrogens (tertiary/aromatic N) is 2. The minimum absolute atomic E-state index is 0.0246. The molecule has 2 atom stereocenters. The number of hydrogen-bond acceptors (Lipinski definition) is 5. The van der Waals surface area contributed by atoms with Crippen LogP contribution >= 0.6 is 11.3 Å². The van der Waals surface area contributed by atoms with Gasteiger partial charge in [-0.25, -0.2) is 0 Å². The highest BCUT2D eigenvalue weighted by atomic mass is 32.1. The number of carbonyl (C=O) groups is 2. The van der Waals surface area contributed by atoms with E-state index < -0.39 is 5.92 Å². The lowest BCUT2D eigenvalue weighted by Gasteiger charge is -2.27. The summed E-state index contributed by atoms with van der Waals surface area (Å²) in [5, 5.41) is 5.09. The number of rotatable bonds is 6. The second kappa shape index (κ2) is 10.1. The van der Waals surface area contributed by atoms with E-state index in [1.165, 1.54) is 0 Å². The fourth-order valence-electron chi connectivity index (χ4n) is 4.76. The standard InChI is InChI=1S/C27H29N3O3S/c1-19-7-9-22(10-8-19)30-25(31)17-23(26(30)24-6-3-15-34-24)27(32)28-21-5-2-4-20(16-21)18-29-11-13-33-14-12-29/h2-10,15-16,23,26H,11-14,17-18H2,1H3,(H,28,32). The Morgan fingerprint density at radius 1 is 1.09 bits per heavy atom. The maximum atomic E-state index is 13.5. The van der Waals surface area contributed by atoms with Crippen LogP contribution < -0.4 is 10.2 Å². The minimum atomic E-state index is -0.463. The number of ether oxygens (including phenoxy) is 1. The zero-order valence-electron chi connectivity index (χ0n) is 19.3. The summed E-state index contributed by atoms with van der Waals surface area (Å²) < 4.78 is 5.44. The summed E-state index contributed by atoms with van der Waals surface area (Å²) in [6.45, 7) is 6.20. The Kier molecular flexibility index (Phi) is 6.76. The van der Waals surface area contributed by atoms with Crippen molar-refractivity contribution in [2.45, 2.75) is 25.9 Å². The van der Waals surface area contributed by atoms with E-state index >= 15 is 0 Å². The number of amides is 2. The van der Waals surface area contributed by atoms with Gasteiger partial charge >= 0.3 is 0 Å². The molecule has 3 aromatic rings. The minimum Gasteiger partial charge on any atom is -0.379 e. The van der Waals surface area contributed by atoms with E-state index in [-0.39, 0.29) is 24.3 Å². The van der Waals surface area contributed by atoms with Crippen molar-refractivity contribution < 1.29 is 14.3 Å². The number of thiophene rings is 1. The second-order valence-electron chi connectivity index (χ2n) is 8.95. The van der Waals surface area contributed by atoms with Crippen LogP contribution in [0.5, 0.6) is 0 Å². The number of nitrogens with one attached hydrogen (secondary N) is 1. The molecule has 0 bridgehead atoms. The van der Waals surface area contributed by atoms with E-state index in [0.717, 1.165) is 60.2 Å². The van der Waals surface area contributed by atoms with Gasteiger partial charge in [-0.05, 0) is 48.2 Å². The monoisotopic (exact) mass is 475 g/mol. The molecule has 2 aliphatic heterocycles. The molecule has 34 heavy (non-hydrogen) atoms. The quantitative estimate of drug-likeness (QED) is 0.565. The lowest BCUT2D eigenvalue weighted by Crippen LogP contribution is -2.35. The average molecular weight is 476 g/mol. The lowest BCUT2D eigenvalue weighted by atomic mass is 9.97. The molecule has 2 aliphatic rings. The highest BCUT2D eigenvalue weighted by Gasteiger charge is 2.45. The van der Waals surface area contributed by atoms with Crippen molar-refractivity contribution in [2.24, 2.45) is 5.92 Å². The molecule has 0 radical (unpaired) electrons. The lowest BCUT2D eigenvalue weighted by molar-refractivity contribution is -0.122. The van der Waals surface area contributed by atoms with Gasteiger partial charge in [0.15, 0.2) is 0 Å². The number of morpholine rings is 1. The molecule has 0 spiro atoms. The predicted octanol–water partition coefficient (Wildman–Crippen LogP) is 4.62. The van der Waals surface area contributed by atoms with Crippen molar-refractivity contribution in [3.63, 3.8) is 0 Å². The first-order valence-corrected chi connectivity index (χ1v) is 12.6. The largest absolute Gasteiger partial charge is 0.379 e. The molecule has 176 valence electrons. The fraction of sp³-hybridized carbons (Fsp3) is 0.333. The summed E-state index contributed by atoms with van der Waals surface area (Å²) in [6, 6.07) is 19.6. The zero-order chi connectivity index (χ0) is 23.5. The predicted molar refractivity (Wildman–Crippen MR) is 135 cm³/mol. The van der Waals surface area contributed by atoms with Crippen LogP contribution in [0, 0.1) is 12.8 Å². The van der Waals surface area contributed by atoms with Gasteiger partial charge in [0.05, 0.1) is 25.2 Å². The third-order valence-corrected chi connectivity index (χ3v) is 7.45. The van der Waals surface area contributed by atoms with Crippen molar-refractivity contribution in [1.29, 1.82) is 0 Å². The molecule has 0 saturated carbocycles. The Bertz CT molecular complexity index is 1140. The van der Waals surface area contributed by atoms with E-state index in [2.05, 4.69) is 16.3 Å². The molecule has 3 heterocycles. The average Bonchev–Trinajstić information content (AvgIpc) is 3.48. The van der Waals surface area contributed by atoms with E-state index in [1.54, 1.807) is 16.2 Å². The molecular weight excluding hydrogens is 446 g/mol. The van der Waals surface area contributed by atoms with Crippen molar-refractivity contribution in [1.82, 2.24) is 4.90 Å². The van der Waals surface area contributed by atoms with Crippen molar-refractivity contribution in [3.8, 4) is 0 Å². The molecule has 2 unspecified atom stereocenters. The van der Waals surface area contributed by atoms with Crippen LogP contribution in [0.15, 0.2) is 66.0 Å². The van der Waals surface area contributed by atoms with Crippen LogP contribution in [-0.4, -0.2) is 43.0 Å². The Balaban J connectivity index is 1.36. The first kappa shape index (κ1) is 22.8. The van der Waals surface area contributed by atoms with Gasteiger partial charge in [0.1, 0.15) is 0 Å². The molecule has 2 saturated heterocycles. The molecular formula is C27H29N3O3S. The van der Waals surface area contributed by atoms with Gasteiger partial charge in [-0.1, -0.05) is 35.9 Å². The van der Waals surface area contributed by atoms with E-state index in [4.69, 9.17) is 4.74 Å². The number of hydrogen-bond donors (Lipinski definition) is 1. The van der Waals surface area contributed by atoms with Gasteiger partial charge < -0.3 is 15.0 Å². The Labute approximate surface area is 204 Å². The number of carbonyl (C=O) groups excluding carboxylic acids is 2. The maximum absolute atomic E-state index is 13.5. The molecule has 7 heteroatoms. The molecule has 2 amide bonds. The van der Waals surface area contributed by atoms with E-state index in [1.807, 2.05) is 66.9 Å². The summed E-state index contributed by atoms with van der Waals surface area (Å²) in [5.41, 5.74) is 3.88. The third kappa shape index (κ3) is 4.92. The molecule has 1 aromatic heterocycles. The third-order valence-electron chi connectivity index (χ3n) is 6.51. The van der Waals surface area contributed by atoms with Gasteiger partial charge in [-0.3, -0.25) is 14.5 Å². The molecule has 1 N–H and O–H groups in total. The summed E-state index contributed by atoms with van der Waals surface area (Å²) in [4.78, 5) is 31.8.